The molecule has 0 saturated carbocycles. The molecule has 0 N–H and O–H groups in total. The van der Waals surface area contributed by atoms with Crippen molar-refractivity contribution in [3.8, 4) is 0 Å². The quantitative estimate of drug-likeness (QED) is 0.688. The van der Waals surface area contributed by atoms with Crippen LogP contribution >= 0.6 is 0 Å². The summed E-state index contributed by atoms with van der Waals surface area (Å²) in [5, 5.41) is 0. The molecule has 5 heteroatoms. The molecule has 0 fully saturated rings. The third kappa shape index (κ3) is 19.1. The third-order valence-electron chi connectivity index (χ3n) is 0.671. The van der Waals surface area contributed by atoms with E-state index in [9.17, 15) is 0 Å². The molecule has 0 bridgehead atoms. The average Bonchev–Trinajstić information content (AvgIpc) is 1.14. The summed E-state index contributed by atoms with van der Waals surface area (Å²) in [7, 11) is -2.21. The fourth-order valence-electron chi connectivity index (χ4n) is 1.01. The summed E-state index contributed by atoms with van der Waals surface area (Å²) in [5.74, 6) is 0. The summed E-state index contributed by atoms with van der Waals surface area (Å²) >= 11 is 0. The van der Waals surface area contributed by atoms with E-state index in [2.05, 4.69) is 39.3 Å². The van der Waals surface area contributed by atoms with Gasteiger partial charge in [-0.3, -0.25) is 0 Å². The van der Waals surface area contributed by atoms with Crippen LogP contribution in [0.3, 0.4) is 0 Å². The second-order valence-electron chi connectivity index (χ2n) is 4.45. The molecular weight excluding hydrogens is 320 g/mol. The standard InChI is InChI=1S/C6H18NSi2.2Y/c1-8(2,3)7-9(4,5)6;;/h1-6H3;;/q-1;;. The third-order valence-corrected chi connectivity index (χ3v) is 6.04. The SMILES string of the molecule is C[Si](C)(C)[N-][Si](C)(C)C.[Y].[Y]. The number of hydrogen-bond acceptors (Lipinski definition) is 0. The fraction of sp³-hybridized carbons (Fsp3) is 1.00. The summed E-state index contributed by atoms with van der Waals surface area (Å²) in [5.41, 5.74) is 0. The summed E-state index contributed by atoms with van der Waals surface area (Å²) < 4.78 is 4.82. The van der Waals surface area contributed by atoms with Crippen molar-refractivity contribution in [2.75, 3.05) is 0 Å². The Morgan fingerprint density at radius 1 is 0.636 bits per heavy atom. The zero-order chi connectivity index (χ0) is 7.71. The van der Waals surface area contributed by atoms with E-state index >= 15 is 0 Å². The van der Waals surface area contributed by atoms with Gasteiger partial charge in [-0.1, -0.05) is 55.8 Å². The second-order valence-corrected chi connectivity index (χ2v) is 14.0. The van der Waals surface area contributed by atoms with E-state index in [-0.39, 0.29) is 65.4 Å². The van der Waals surface area contributed by atoms with E-state index in [1.165, 1.54) is 0 Å². The zero-order valence-electron chi connectivity index (χ0n) is 8.60. The van der Waals surface area contributed by atoms with Crippen LogP contribution in [0, 0.1) is 0 Å². The minimum atomic E-state index is -1.11. The smallest absolute Gasteiger partial charge is 0 e. The Kier molecular flexibility index (Phi) is 12.2. The van der Waals surface area contributed by atoms with E-state index in [1.807, 2.05) is 0 Å². The van der Waals surface area contributed by atoms with Crippen molar-refractivity contribution in [1.82, 2.24) is 0 Å². The first-order valence-corrected chi connectivity index (χ1v) is 10.3. The van der Waals surface area contributed by atoms with Gasteiger partial charge in [0.25, 0.3) is 0 Å². The molecule has 2 radical (unpaired) electrons. The van der Waals surface area contributed by atoms with Crippen molar-refractivity contribution in [3.05, 3.63) is 4.65 Å². The predicted octanol–water partition coefficient (Wildman–Crippen LogP) is 3.02. The molecule has 0 spiro atoms. The molecule has 0 aromatic rings. The first-order valence-electron chi connectivity index (χ1n) is 3.45. The first-order chi connectivity index (χ1) is 3.71. The molecule has 0 aliphatic carbocycles. The summed E-state index contributed by atoms with van der Waals surface area (Å²) in [4.78, 5) is 0. The monoisotopic (exact) mass is 338 g/mol. The molecule has 0 rings (SSSR count). The van der Waals surface area contributed by atoms with E-state index in [0.29, 0.717) is 0 Å². The Morgan fingerprint density at radius 3 is 0.818 bits per heavy atom. The van der Waals surface area contributed by atoms with Crippen LogP contribution in [0.4, 0.5) is 0 Å². The van der Waals surface area contributed by atoms with Gasteiger partial charge in [0.2, 0.25) is 0 Å². The van der Waals surface area contributed by atoms with Crippen molar-refractivity contribution in [3.63, 3.8) is 0 Å². The summed E-state index contributed by atoms with van der Waals surface area (Å²) in [6, 6.07) is 0. The predicted molar refractivity (Wildman–Crippen MR) is 50.1 cm³/mol. The molecule has 11 heavy (non-hydrogen) atoms. The number of hydrogen-bond donors (Lipinski definition) is 0. The van der Waals surface area contributed by atoms with Crippen molar-refractivity contribution in [2.24, 2.45) is 0 Å². The van der Waals surface area contributed by atoms with Gasteiger partial charge >= 0.3 is 0 Å². The summed E-state index contributed by atoms with van der Waals surface area (Å²) in [6.07, 6.45) is 0. The van der Waals surface area contributed by atoms with E-state index in [1.54, 1.807) is 0 Å². The fourth-order valence-corrected chi connectivity index (χ4v) is 9.06. The van der Waals surface area contributed by atoms with Gasteiger partial charge < -0.3 is 4.65 Å². The zero-order valence-corrected chi connectivity index (χ0v) is 16.3. The van der Waals surface area contributed by atoms with Gasteiger partial charge in [-0.25, -0.2) is 0 Å². The molecule has 0 heterocycles. The average molecular weight is 338 g/mol. The van der Waals surface area contributed by atoms with Gasteiger partial charge in [0, 0.05) is 65.4 Å². The van der Waals surface area contributed by atoms with Crippen LogP contribution in [0.15, 0.2) is 0 Å². The molecule has 0 aromatic heterocycles. The minimum Gasteiger partial charge on any atom is -0.668 e. The van der Waals surface area contributed by atoms with Crippen LogP contribution in [0.25, 0.3) is 4.65 Å². The maximum Gasteiger partial charge on any atom is 0 e. The van der Waals surface area contributed by atoms with Crippen LogP contribution < -0.4 is 0 Å². The van der Waals surface area contributed by atoms with Gasteiger partial charge in [0.15, 0.2) is 0 Å². The number of rotatable bonds is 2. The van der Waals surface area contributed by atoms with Gasteiger partial charge in [-0.2, -0.15) is 0 Å². The van der Waals surface area contributed by atoms with Gasteiger partial charge in [0.05, 0.1) is 0 Å². The molecule has 0 aliphatic rings. The Labute approximate surface area is 124 Å². The largest absolute Gasteiger partial charge is 0.668 e. The maximum absolute atomic E-state index is 4.82. The molecule has 0 aliphatic heterocycles. The molecule has 62 valence electrons. The number of nitrogens with zero attached hydrogens (tertiary/aromatic N) is 1. The van der Waals surface area contributed by atoms with Gasteiger partial charge in [-0.15, -0.1) is 0 Å². The second kappa shape index (κ2) is 6.97. The Hall–Kier alpha value is 2.60. The van der Waals surface area contributed by atoms with Crippen molar-refractivity contribution >= 4 is 16.5 Å². The molecule has 0 atom stereocenters. The molecule has 0 saturated heterocycles. The first kappa shape index (κ1) is 19.2. The topological polar surface area (TPSA) is 14.1 Å². The van der Waals surface area contributed by atoms with Crippen LogP contribution in [0.5, 0.6) is 0 Å². The Morgan fingerprint density at radius 2 is 0.818 bits per heavy atom. The normalized spacial score (nSPS) is 11.5. The van der Waals surface area contributed by atoms with Crippen LogP contribution in [-0.2, 0) is 65.4 Å². The van der Waals surface area contributed by atoms with Gasteiger partial charge in [0.1, 0.15) is 0 Å². The van der Waals surface area contributed by atoms with Gasteiger partial charge in [-0.05, 0) is 0 Å². The molecule has 1 nitrogen and oxygen atoms in total. The maximum atomic E-state index is 4.82. The van der Waals surface area contributed by atoms with Crippen molar-refractivity contribution in [1.29, 1.82) is 0 Å². The summed E-state index contributed by atoms with van der Waals surface area (Å²) in [6.45, 7) is 13.8. The van der Waals surface area contributed by atoms with E-state index < -0.39 is 16.5 Å². The molecule has 0 unspecified atom stereocenters. The van der Waals surface area contributed by atoms with Crippen molar-refractivity contribution < 1.29 is 65.4 Å². The van der Waals surface area contributed by atoms with Crippen LogP contribution in [-0.4, -0.2) is 16.5 Å². The minimum absolute atomic E-state index is 0. The van der Waals surface area contributed by atoms with Crippen molar-refractivity contribution in [2.45, 2.75) is 39.3 Å². The van der Waals surface area contributed by atoms with Crippen LogP contribution in [0.1, 0.15) is 0 Å². The van der Waals surface area contributed by atoms with E-state index in [4.69, 9.17) is 4.65 Å². The molecular formula is C6H18NSi2Y2-. The Balaban J connectivity index is -0.000000320. The van der Waals surface area contributed by atoms with Crippen LogP contribution in [0.2, 0.25) is 39.3 Å². The van der Waals surface area contributed by atoms with E-state index in [0.717, 1.165) is 0 Å². The molecule has 0 aromatic carbocycles. The molecule has 0 amide bonds. The Bertz CT molecular complexity index is 83.7.